The molecule has 0 spiro atoms. The van der Waals surface area contributed by atoms with E-state index in [9.17, 15) is 0 Å². The molecule has 0 radical (unpaired) electrons. The third-order valence-electron chi connectivity index (χ3n) is 1.98. The van der Waals surface area contributed by atoms with Gasteiger partial charge in [-0.05, 0) is 26.6 Å². The minimum atomic E-state index is 0.625. The minimum absolute atomic E-state index is 0.625. The van der Waals surface area contributed by atoms with Gasteiger partial charge < -0.3 is 10.2 Å². The van der Waals surface area contributed by atoms with E-state index in [-0.39, 0.29) is 0 Å². The molecule has 0 rings (SSSR count). The van der Waals surface area contributed by atoms with Gasteiger partial charge in [0.2, 0.25) is 0 Å². The second kappa shape index (κ2) is 6.62. The molecule has 1 atom stereocenters. The van der Waals surface area contributed by atoms with Crippen LogP contribution in [-0.4, -0.2) is 37.1 Å². The molecule has 11 heavy (non-hydrogen) atoms. The Kier molecular flexibility index (Phi) is 6.57. The van der Waals surface area contributed by atoms with Crippen molar-refractivity contribution in [2.24, 2.45) is 0 Å². The van der Waals surface area contributed by atoms with Crippen LogP contribution in [0.25, 0.3) is 0 Å². The Morgan fingerprint density at radius 3 is 2.09 bits per heavy atom. The molecule has 0 saturated heterocycles. The van der Waals surface area contributed by atoms with Gasteiger partial charge in [0.15, 0.2) is 0 Å². The Morgan fingerprint density at radius 1 is 1.18 bits per heavy atom. The van der Waals surface area contributed by atoms with Crippen LogP contribution in [0, 0.1) is 0 Å². The molecule has 0 amide bonds. The summed E-state index contributed by atoms with van der Waals surface area (Å²) in [6.07, 6.45) is 0. The molecule has 2 heteroatoms. The lowest BCUT2D eigenvalue weighted by Gasteiger charge is -2.22. The molecule has 0 fully saturated rings. The largest absolute Gasteiger partial charge is 0.313 e. The maximum atomic E-state index is 3.40. The number of hydrogen-bond donors (Lipinski definition) is 1. The van der Waals surface area contributed by atoms with E-state index < -0.39 is 0 Å². The first-order valence-electron chi connectivity index (χ1n) is 4.70. The summed E-state index contributed by atoms with van der Waals surface area (Å²) in [4.78, 5) is 2.44. The van der Waals surface area contributed by atoms with Gasteiger partial charge >= 0.3 is 0 Å². The average molecular weight is 158 g/mol. The lowest BCUT2D eigenvalue weighted by Crippen LogP contribution is -2.38. The molecule has 1 N–H and O–H groups in total. The summed E-state index contributed by atoms with van der Waals surface area (Å²) in [6.45, 7) is 13.4. The predicted octanol–water partition coefficient (Wildman–Crippen LogP) is 1.33. The summed E-state index contributed by atoms with van der Waals surface area (Å²) < 4.78 is 0. The van der Waals surface area contributed by atoms with Gasteiger partial charge in [-0.25, -0.2) is 0 Å². The molecule has 0 aromatic rings. The maximum absolute atomic E-state index is 3.40. The van der Waals surface area contributed by atoms with E-state index in [1.807, 2.05) is 0 Å². The summed E-state index contributed by atoms with van der Waals surface area (Å²) in [7, 11) is 0. The third-order valence-corrected chi connectivity index (χ3v) is 1.98. The molecule has 0 bridgehead atoms. The summed E-state index contributed by atoms with van der Waals surface area (Å²) in [5.41, 5.74) is 0. The van der Waals surface area contributed by atoms with Crippen LogP contribution in [0.4, 0.5) is 0 Å². The average Bonchev–Trinajstić information content (AvgIpc) is 2.01. The Balaban J connectivity index is 3.44. The molecular weight excluding hydrogens is 136 g/mol. The van der Waals surface area contributed by atoms with E-state index in [1.54, 1.807) is 0 Å². The van der Waals surface area contributed by atoms with E-state index in [4.69, 9.17) is 0 Å². The van der Waals surface area contributed by atoms with Gasteiger partial charge in [0, 0.05) is 12.6 Å². The standard InChI is InChI=1S/C9H22N2/c1-5-10-9(4)8-11(6-2)7-3/h9-10H,5-8H2,1-4H3/t9-/m1/s1. The van der Waals surface area contributed by atoms with Crippen LogP contribution < -0.4 is 5.32 Å². The van der Waals surface area contributed by atoms with Crippen LogP contribution in [0.15, 0.2) is 0 Å². The fourth-order valence-electron chi connectivity index (χ4n) is 1.28. The van der Waals surface area contributed by atoms with Crippen LogP contribution in [0.2, 0.25) is 0 Å². The topological polar surface area (TPSA) is 15.3 Å². The van der Waals surface area contributed by atoms with Gasteiger partial charge in [0.1, 0.15) is 0 Å². The normalized spacial score (nSPS) is 13.9. The smallest absolute Gasteiger partial charge is 0.0166 e. The van der Waals surface area contributed by atoms with Crippen molar-refractivity contribution in [3.8, 4) is 0 Å². The number of nitrogens with zero attached hydrogens (tertiary/aromatic N) is 1. The van der Waals surface area contributed by atoms with Crippen molar-refractivity contribution in [2.45, 2.75) is 33.7 Å². The zero-order chi connectivity index (χ0) is 8.69. The quantitative estimate of drug-likeness (QED) is 0.627. The van der Waals surface area contributed by atoms with Crippen molar-refractivity contribution >= 4 is 0 Å². The fraction of sp³-hybridized carbons (Fsp3) is 1.00. The Labute approximate surface area is 71.0 Å². The van der Waals surface area contributed by atoms with E-state index >= 15 is 0 Å². The highest BCUT2D eigenvalue weighted by atomic mass is 15.1. The Morgan fingerprint density at radius 2 is 1.73 bits per heavy atom. The van der Waals surface area contributed by atoms with Crippen molar-refractivity contribution in [1.29, 1.82) is 0 Å². The van der Waals surface area contributed by atoms with Crippen molar-refractivity contribution in [2.75, 3.05) is 26.2 Å². The van der Waals surface area contributed by atoms with Gasteiger partial charge in [-0.1, -0.05) is 20.8 Å². The molecule has 0 aliphatic carbocycles. The summed E-state index contributed by atoms with van der Waals surface area (Å²) in [5, 5.41) is 3.40. The summed E-state index contributed by atoms with van der Waals surface area (Å²) >= 11 is 0. The van der Waals surface area contributed by atoms with Gasteiger partial charge in [-0.2, -0.15) is 0 Å². The van der Waals surface area contributed by atoms with Crippen LogP contribution in [0.1, 0.15) is 27.7 Å². The first-order chi connectivity index (χ1) is 5.24. The maximum Gasteiger partial charge on any atom is 0.0166 e. The van der Waals surface area contributed by atoms with Crippen LogP contribution in [0.5, 0.6) is 0 Å². The summed E-state index contributed by atoms with van der Waals surface area (Å²) in [5.74, 6) is 0. The van der Waals surface area contributed by atoms with E-state index in [2.05, 4.69) is 37.9 Å². The Hall–Kier alpha value is -0.0800. The molecule has 0 aromatic carbocycles. The number of rotatable bonds is 6. The highest BCUT2D eigenvalue weighted by Gasteiger charge is 2.04. The zero-order valence-corrected chi connectivity index (χ0v) is 8.35. The lowest BCUT2D eigenvalue weighted by molar-refractivity contribution is 0.273. The van der Waals surface area contributed by atoms with Crippen LogP contribution in [0.3, 0.4) is 0 Å². The third kappa shape index (κ3) is 5.22. The van der Waals surface area contributed by atoms with Crippen molar-refractivity contribution in [3.05, 3.63) is 0 Å². The van der Waals surface area contributed by atoms with Gasteiger partial charge in [-0.3, -0.25) is 0 Å². The molecule has 2 nitrogen and oxygen atoms in total. The molecule has 0 aliphatic heterocycles. The van der Waals surface area contributed by atoms with Gasteiger partial charge in [0.25, 0.3) is 0 Å². The molecule has 0 unspecified atom stereocenters. The number of likely N-dealkylation sites (N-methyl/N-ethyl adjacent to an activating group) is 2. The first kappa shape index (κ1) is 10.9. The molecule has 0 heterocycles. The highest BCUT2D eigenvalue weighted by molar-refractivity contribution is 4.64. The Bertz CT molecular complexity index is 79.6. The van der Waals surface area contributed by atoms with Crippen molar-refractivity contribution in [1.82, 2.24) is 10.2 Å². The lowest BCUT2D eigenvalue weighted by atomic mass is 10.3. The molecular formula is C9H22N2. The highest BCUT2D eigenvalue weighted by Crippen LogP contribution is 1.90. The number of nitrogens with one attached hydrogen (secondary N) is 1. The predicted molar refractivity (Wildman–Crippen MR) is 50.9 cm³/mol. The molecule has 0 saturated carbocycles. The van der Waals surface area contributed by atoms with E-state index in [1.165, 1.54) is 6.54 Å². The van der Waals surface area contributed by atoms with Gasteiger partial charge in [0.05, 0.1) is 0 Å². The van der Waals surface area contributed by atoms with Crippen molar-refractivity contribution < 1.29 is 0 Å². The second-order valence-electron chi connectivity index (χ2n) is 2.94. The van der Waals surface area contributed by atoms with Crippen LogP contribution in [-0.2, 0) is 0 Å². The van der Waals surface area contributed by atoms with Gasteiger partial charge in [-0.15, -0.1) is 0 Å². The molecule has 68 valence electrons. The van der Waals surface area contributed by atoms with Crippen LogP contribution >= 0.6 is 0 Å². The minimum Gasteiger partial charge on any atom is -0.313 e. The number of hydrogen-bond acceptors (Lipinski definition) is 2. The van der Waals surface area contributed by atoms with Crippen molar-refractivity contribution in [3.63, 3.8) is 0 Å². The van der Waals surface area contributed by atoms with E-state index in [0.29, 0.717) is 6.04 Å². The summed E-state index contributed by atoms with van der Waals surface area (Å²) in [6, 6.07) is 0.625. The monoisotopic (exact) mass is 158 g/mol. The SMILES string of the molecule is CCN[C@H](C)CN(CC)CC. The second-order valence-corrected chi connectivity index (χ2v) is 2.94. The molecule has 0 aromatic heterocycles. The fourth-order valence-corrected chi connectivity index (χ4v) is 1.28. The first-order valence-corrected chi connectivity index (χ1v) is 4.70. The molecule has 0 aliphatic rings. The zero-order valence-electron chi connectivity index (χ0n) is 8.35. The van der Waals surface area contributed by atoms with E-state index in [0.717, 1.165) is 19.6 Å².